The zero-order valence-corrected chi connectivity index (χ0v) is 14.7. The monoisotopic (exact) mass is 360 g/mol. The van der Waals surface area contributed by atoms with Crippen LogP contribution in [0.1, 0.15) is 22.1 Å². The van der Waals surface area contributed by atoms with Crippen LogP contribution < -0.4 is 20.1 Å². The zero-order valence-electron chi connectivity index (χ0n) is 14.7. The molecule has 1 atom stereocenters. The summed E-state index contributed by atoms with van der Waals surface area (Å²) in [6, 6.07) is 24.8. The molecule has 0 bridgehead atoms. The van der Waals surface area contributed by atoms with Crippen molar-refractivity contribution >= 4 is 11.6 Å². The highest BCUT2D eigenvalue weighted by Gasteiger charge is 2.23. The fourth-order valence-corrected chi connectivity index (χ4v) is 2.97. The van der Waals surface area contributed by atoms with Gasteiger partial charge < -0.3 is 20.1 Å². The van der Waals surface area contributed by atoms with Crippen molar-refractivity contribution in [3.05, 3.63) is 90.0 Å². The van der Waals surface area contributed by atoms with Crippen molar-refractivity contribution in [2.24, 2.45) is 0 Å². The van der Waals surface area contributed by atoms with E-state index < -0.39 is 0 Å². The van der Waals surface area contributed by atoms with Crippen molar-refractivity contribution < 1.29 is 14.3 Å². The summed E-state index contributed by atoms with van der Waals surface area (Å²) in [6.45, 7) is 0.933. The van der Waals surface area contributed by atoms with Crippen LogP contribution in [0.2, 0.25) is 0 Å². The Morgan fingerprint density at radius 1 is 0.704 bits per heavy atom. The van der Waals surface area contributed by atoms with Crippen LogP contribution in [0.3, 0.4) is 0 Å². The van der Waals surface area contributed by atoms with Crippen molar-refractivity contribution in [3.63, 3.8) is 0 Å². The Hall–Kier alpha value is -3.47. The molecule has 3 aromatic carbocycles. The van der Waals surface area contributed by atoms with E-state index in [4.69, 9.17) is 9.47 Å². The number of anilines is 1. The molecule has 4 rings (SSSR count). The van der Waals surface area contributed by atoms with Crippen LogP contribution in [0.15, 0.2) is 78.9 Å². The lowest BCUT2D eigenvalue weighted by Crippen LogP contribution is -2.38. The summed E-state index contributed by atoms with van der Waals surface area (Å²) >= 11 is 0. The molecule has 1 aliphatic rings. The number of carbonyl (C=O) groups is 1. The molecule has 5 nitrogen and oxygen atoms in total. The number of para-hydroxylation sites is 2. The van der Waals surface area contributed by atoms with Gasteiger partial charge >= 0.3 is 0 Å². The van der Waals surface area contributed by atoms with Gasteiger partial charge in [-0.05, 0) is 42.0 Å². The van der Waals surface area contributed by atoms with Gasteiger partial charge in [-0.1, -0.05) is 42.5 Å². The minimum Gasteiger partial charge on any atom is -0.490 e. The third kappa shape index (κ3) is 4.03. The van der Waals surface area contributed by atoms with Gasteiger partial charge in [0.15, 0.2) is 0 Å². The minimum atomic E-state index is -0.261. The van der Waals surface area contributed by atoms with Gasteiger partial charge in [0.25, 0.3) is 5.91 Å². The van der Waals surface area contributed by atoms with E-state index in [0.29, 0.717) is 18.8 Å². The molecular weight excluding hydrogens is 340 g/mol. The smallest absolute Gasteiger partial charge is 0.255 e. The lowest BCUT2D eigenvalue weighted by atomic mass is 10.1. The highest BCUT2D eigenvalue weighted by atomic mass is 16.5. The second kappa shape index (κ2) is 7.83. The van der Waals surface area contributed by atoms with Gasteiger partial charge in [0.2, 0.25) is 0 Å². The quantitative estimate of drug-likeness (QED) is 0.653. The lowest BCUT2D eigenvalue weighted by molar-refractivity contribution is 0.0935. The highest BCUT2D eigenvalue weighted by molar-refractivity contribution is 6.01. The Bertz CT molecular complexity index is 910. The predicted octanol–water partition coefficient (Wildman–Crippen LogP) is 4.00. The number of fused-ring (bicyclic) bond motifs is 1. The average molecular weight is 360 g/mol. The second-order valence-corrected chi connectivity index (χ2v) is 6.18. The van der Waals surface area contributed by atoms with E-state index in [9.17, 15) is 4.79 Å². The number of rotatable bonds is 6. The topological polar surface area (TPSA) is 59.6 Å². The first-order chi connectivity index (χ1) is 13.3. The molecule has 0 saturated heterocycles. The largest absolute Gasteiger partial charge is 0.490 e. The van der Waals surface area contributed by atoms with E-state index in [1.165, 1.54) is 0 Å². The SMILES string of the molecule is O=C1NC(c2ccc(OCCOc3ccccc3)cc2)Nc2ccccc21. The maximum atomic E-state index is 12.2. The third-order valence-electron chi connectivity index (χ3n) is 4.32. The number of ether oxygens (including phenoxy) is 2. The molecule has 1 amide bonds. The molecule has 3 aromatic rings. The summed E-state index contributed by atoms with van der Waals surface area (Å²) in [6.07, 6.45) is -0.261. The van der Waals surface area contributed by atoms with E-state index in [1.807, 2.05) is 78.9 Å². The van der Waals surface area contributed by atoms with E-state index in [-0.39, 0.29) is 12.1 Å². The first kappa shape index (κ1) is 17.0. The molecule has 0 saturated carbocycles. The Labute approximate surface area is 157 Å². The standard InChI is InChI=1S/C22H20N2O3/c25-22-19-8-4-5-9-20(19)23-21(24-22)16-10-12-18(13-11-16)27-15-14-26-17-6-2-1-3-7-17/h1-13,21,23H,14-15H2,(H,24,25). The van der Waals surface area contributed by atoms with Crippen molar-refractivity contribution in [2.75, 3.05) is 18.5 Å². The first-order valence-corrected chi connectivity index (χ1v) is 8.87. The Morgan fingerprint density at radius 3 is 2.07 bits per heavy atom. The van der Waals surface area contributed by atoms with Gasteiger partial charge in [0.1, 0.15) is 30.9 Å². The Kier molecular flexibility index (Phi) is 4.92. The fourth-order valence-electron chi connectivity index (χ4n) is 2.97. The number of hydrogen-bond donors (Lipinski definition) is 2. The summed E-state index contributed by atoms with van der Waals surface area (Å²) in [5.41, 5.74) is 2.46. The molecule has 1 heterocycles. The number of benzene rings is 3. The van der Waals surface area contributed by atoms with E-state index >= 15 is 0 Å². The summed E-state index contributed by atoms with van der Waals surface area (Å²) in [7, 11) is 0. The molecule has 0 aliphatic carbocycles. The van der Waals surface area contributed by atoms with Gasteiger partial charge in [0.05, 0.1) is 5.56 Å². The molecule has 0 aromatic heterocycles. The summed E-state index contributed by atoms with van der Waals surface area (Å²) in [4.78, 5) is 12.2. The summed E-state index contributed by atoms with van der Waals surface area (Å²) < 4.78 is 11.3. The van der Waals surface area contributed by atoms with Crippen molar-refractivity contribution in [2.45, 2.75) is 6.17 Å². The maximum Gasteiger partial charge on any atom is 0.255 e. The molecule has 136 valence electrons. The van der Waals surface area contributed by atoms with Crippen LogP contribution in [0.4, 0.5) is 5.69 Å². The molecule has 0 spiro atoms. The van der Waals surface area contributed by atoms with Gasteiger partial charge in [-0.15, -0.1) is 0 Å². The van der Waals surface area contributed by atoms with Gasteiger partial charge in [0, 0.05) is 5.69 Å². The number of hydrogen-bond acceptors (Lipinski definition) is 4. The molecule has 1 unspecified atom stereocenters. The van der Waals surface area contributed by atoms with Crippen LogP contribution in [-0.4, -0.2) is 19.1 Å². The Morgan fingerprint density at radius 2 is 1.33 bits per heavy atom. The van der Waals surface area contributed by atoms with Gasteiger partial charge in [-0.25, -0.2) is 0 Å². The molecule has 27 heavy (non-hydrogen) atoms. The van der Waals surface area contributed by atoms with Gasteiger partial charge in [-0.3, -0.25) is 4.79 Å². The number of nitrogens with one attached hydrogen (secondary N) is 2. The molecule has 0 radical (unpaired) electrons. The third-order valence-corrected chi connectivity index (χ3v) is 4.32. The van der Waals surface area contributed by atoms with E-state index in [2.05, 4.69) is 10.6 Å². The molecular formula is C22H20N2O3. The zero-order chi connectivity index (χ0) is 18.5. The van der Waals surface area contributed by atoms with Crippen molar-refractivity contribution in [1.82, 2.24) is 5.32 Å². The summed E-state index contributed by atoms with van der Waals surface area (Å²) in [5.74, 6) is 1.52. The van der Waals surface area contributed by atoms with Crippen LogP contribution in [-0.2, 0) is 0 Å². The van der Waals surface area contributed by atoms with E-state index in [1.54, 1.807) is 0 Å². The number of amides is 1. The molecule has 1 aliphatic heterocycles. The van der Waals surface area contributed by atoms with Crippen LogP contribution >= 0.6 is 0 Å². The molecule has 5 heteroatoms. The highest BCUT2D eigenvalue weighted by Crippen LogP contribution is 2.27. The molecule has 0 fully saturated rings. The van der Waals surface area contributed by atoms with Crippen molar-refractivity contribution in [1.29, 1.82) is 0 Å². The first-order valence-electron chi connectivity index (χ1n) is 8.87. The van der Waals surface area contributed by atoms with Gasteiger partial charge in [-0.2, -0.15) is 0 Å². The van der Waals surface area contributed by atoms with Crippen LogP contribution in [0.25, 0.3) is 0 Å². The van der Waals surface area contributed by atoms with Crippen LogP contribution in [0, 0.1) is 0 Å². The second-order valence-electron chi connectivity index (χ2n) is 6.18. The van der Waals surface area contributed by atoms with E-state index in [0.717, 1.165) is 22.7 Å². The molecule has 2 N–H and O–H groups in total. The minimum absolute atomic E-state index is 0.0762. The number of carbonyl (C=O) groups excluding carboxylic acids is 1. The Balaban J connectivity index is 1.32. The van der Waals surface area contributed by atoms with Crippen LogP contribution in [0.5, 0.6) is 11.5 Å². The maximum absolute atomic E-state index is 12.2. The lowest BCUT2D eigenvalue weighted by Gasteiger charge is -2.28. The normalized spacial score (nSPS) is 15.3. The fraction of sp³-hybridized carbons (Fsp3) is 0.136. The predicted molar refractivity (Wildman–Crippen MR) is 104 cm³/mol. The summed E-state index contributed by atoms with van der Waals surface area (Å²) in [5, 5.41) is 6.31. The van der Waals surface area contributed by atoms with Crippen molar-refractivity contribution in [3.8, 4) is 11.5 Å². The average Bonchev–Trinajstić information content (AvgIpc) is 2.72.